The van der Waals surface area contributed by atoms with Gasteiger partial charge in [0, 0.05) is 33.3 Å². The van der Waals surface area contributed by atoms with Crippen molar-refractivity contribution in [3.63, 3.8) is 0 Å². The maximum atomic E-state index is 10.9. The largest absolute Gasteiger partial charge is 0.492 e. The summed E-state index contributed by atoms with van der Waals surface area (Å²) in [5, 5.41) is 2.54. The molecule has 5 nitrogen and oxygen atoms in total. The number of halogens is 2. The van der Waals surface area contributed by atoms with Crippen LogP contribution in [-0.4, -0.2) is 32.8 Å². The lowest BCUT2D eigenvalue weighted by molar-refractivity contribution is 0.312. The first kappa shape index (κ1) is 15.9. The molecule has 2 rings (SSSR count). The molecule has 0 amide bonds. The van der Waals surface area contributed by atoms with E-state index in [1.54, 1.807) is 0 Å². The van der Waals surface area contributed by atoms with E-state index in [0.29, 0.717) is 30.3 Å². The van der Waals surface area contributed by atoms with Crippen LogP contribution in [0.1, 0.15) is 6.42 Å². The summed E-state index contributed by atoms with van der Waals surface area (Å²) in [6.45, 7) is 0.744. The molecule has 0 unspecified atom stereocenters. The van der Waals surface area contributed by atoms with Crippen LogP contribution >= 0.6 is 34.2 Å². The number of fused-ring (bicyclic) bond motifs is 1. The average Bonchev–Trinajstić information content (AvgIpc) is 2.83. The van der Waals surface area contributed by atoms with Crippen molar-refractivity contribution in [1.82, 2.24) is 9.71 Å². The Labute approximate surface area is 136 Å². The van der Waals surface area contributed by atoms with E-state index in [-0.39, 0.29) is 0 Å². The highest BCUT2D eigenvalue weighted by molar-refractivity contribution is 14.1. The maximum absolute atomic E-state index is 10.9. The van der Waals surface area contributed by atoms with Crippen LogP contribution in [0.3, 0.4) is 0 Å². The van der Waals surface area contributed by atoms with Gasteiger partial charge in [-0.3, -0.25) is 0 Å². The van der Waals surface area contributed by atoms with Crippen LogP contribution in [0, 0.1) is 3.57 Å². The van der Waals surface area contributed by atoms with Crippen LogP contribution in [0.2, 0.25) is 5.02 Å². The molecule has 110 valence electrons. The lowest BCUT2D eigenvalue weighted by atomic mass is 10.2. The molecule has 1 aromatic heterocycles. The summed E-state index contributed by atoms with van der Waals surface area (Å²) in [6.07, 6.45) is 5.43. The normalized spacial score (nSPS) is 11.9. The number of aromatic amines is 1. The molecule has 0 saturated carbocycles. The summed E-state index contributed by atoms with van der Waals surface area (Å²) < 4.78 is 30.9. The van der Waals surface area contributed by atoms with Crippen molar-refractivity contribution in [3.05, 3.63) is 27.1 Å². The standard InChI is InChI=1S/C12H14ClIN2O3S/c1-20(17,18)16-3-2-4-19-11-5-10(14)8-6-15-7-9(8)12(11)13/h5-7,15-16H,2-4H2,1H3. The quantitative estimate of drug-likeness (QED) is 0.549. The molecule has 0 aliphatic heterocycles. The predicted octanol–water partition coefficient (Wildman–Crippen LogP) is 2.74. The van der Waals surface area contributed by atoms with Crippen LogP contribution in [0.25, 0.3) is 10.8 Å². The lowest BCUT2D eigenvalue weighted by Gasteiger charge is -2.10. The molecule has 1 heterocycles. The van der Waals surface area contributed by atoms with Crippen molar-refractivity contribution < 1.29 is 13.2 Å². The van der Waals surface area contributed by atoms with Crippen LogP contribution in [0.15, 0.2) is 18.5 Å². The highest BCUT2D eigenvalue weighted by Crippen LogP contribution is 2.36. The van der Waals surface area contributed by atoms with Gasteiger partial charge < -0.3 is 9.72 Å². The highest BCUT2D eigenvalue weighted by Gasteiger charge is 2.11. The van der Waals surface area contributed by atoms with Gasteiger partial charge in [-0.2, -0.15) is 0 Å². The Morgan fingerprint density at radius 1 is 1.40 bits per heavy atom. The summed E-state index contributed by atoms with van der Waals surface area (Å²) in [6, 6.07) is 1.88. The second kappa shape index (κ2) is 6.50. The Morgan fingerprint density at radius 2 is 2.10 bits per heavy atom. The van der Waals surface area contributed by atoms with E-state index >= 15 is 0 Å². The van der Waals surface area contributed by atoms with Gasteiger partial charge in [-0.15, -0.1) is 0 Å². The molecule has 20 heavy (non-hydrogen) atoms. The Morgan fingerprint density at radius 3 is 2.80 bits per heavy atom. The zero-order chi connectivity index (χ0) is 14.8. The van der Waals surface area contributed by atoms with E-state index in [4.69, 9.17) is 16.3 Å². The van der Waals surface area contributed by atoms with Gasteiger partial charge in [-0.25, -0.2) is 13.1 Å². The van der Waals surface area contributed by atoms with Crippen molar-refractivity contribution in [1.29, 1.82) is 0 Å². The fourth-order valence-corrected chi connectivity index (χ4v) is 3.26. The number of rotatable bonds is 6. The highest BCUT2D eigenvalue weighted by atomic mass is 127. The SMILES string of the molecule is CS(=O)(=O)NCCCOc1cc(I)c2c[nH]cc2c1Cl. The van der Waals surface area contributed by atoms with Crippen molar-refractivity contribution in [2.75, 3.05) is 19.4 Å². The predicted molar refractivity (Wildman–Crippen MR) is 89.0 cm³/mol. The van der Waals surface area contributed by atoms with Gasteiger partial charge in [-0.1, -0.05) is 11.6 Å². The first-order chi connectivity index (χ1) is 9.38. The number of H-pyrrole nitrogens is 1. The van der Waals surface area contributed by atoms with E-state index in [1.165, 1.54) is 0 Å². The molecule has 0 saturated heterocycles. The van der Waals surface area contributed by atoms with Crippen LogP contribution < -0.4 is 9.46 Å². The Balaban J connectivity index is 1.98. The van der Waals surface area contributed by atoms with E-state index in [2.05, 4.69) is 32.3 Å². The topological polar surface area (TPSA) is 71.2 Å². The maximum Gasteiger partial charge on any atom is 0.208 e. The van der Waals surface area contributed by atoms with Crippen molar-refractivity contribution >= 4 is 55.0 Å². The third-order valence-electron chi connectivity index (χ3n) is 2.66. The zero-order valence-electron chi connectivity index (χ0n) is 10.7. The summed E-state index contributed by atoms with van der Waals surface area (Å²) in [5.41, 5.74) is 0. The molecular weight excluding hydrogens is 415 g/mol. The van der Waals surface area contributed by atoms with Crippen LogP contribution in [0.4, 0.5) is 0 Å². The average molecular weight is 429 g/mol. The fraction of sp³-hybridized carbons (Fsp3) is 0.333. The molecular formula is C12H14ClIN2O3S. The van der Waals surface area contributed by atoms with Gasteiger partial charge in [0.1, 0.15) is 5.75 Å². The molecule has 0 fully saturated rings. The summed E-state index contributed by atoms with van der Waals surface area (Å²) in [7, 11) is -3.14. The first-order valence-corrected chi connectivity index (χ1v) is 9.25. The second-order valence-electron chi connectivity index (χ2n) is 4.32. The van der Waals surface area contributed by atoms with E-state index in [0.717, 1.165) is 20.6 Å². The number of hydrogen-bond donors (Lipinski definition) is 2. The van der Waals surface area contributed by atoms with Gasteiger partial charge in [0.05, 0.1) is 17.9 Å². The zero-order valence-corrected chi connectivity index (χ0v) is 14.5. The minimum absolute atomic E-state index is 0.347. The van der Waals surface area contributed by atoms with Gasteiger partial charge >= 0.3 is 0 Å². The van der Waals surface area contributed by atoms with Gasteiger partial charge in [0.2, 0.25) is 10.0 Å². The van der Waals surface area contributed by atoms with Gasteiger partial charge in [-0.05, 0) is 35.1 Å². The molecule has 0 bridgehead atoms. The van der Waals surface area contributed by atoms with Crippen molar-refractivity contribution in [2.45, 2.75) is 6.42 Å². The minimum Gasteiger partial charge on any atom is -0.492 e. The monoisotopic (exact) mass is 428 g/mol. The second-order valence-corrected chi connectivity index (χ2v) is 7.69. The number of ether oxygens (including phenoxy) is 1. The summed E-state index contributed by atoms with van der Waals surface area (Å²) in [5.74, 6) is 0.613. The third kappa shape index (κ3) is 4.00. The Bertz CT molecular complexity index is 715. The molecule has 8 heteroatoms. The van der Waals surface area contributed by atoms with E-state index in [9.17, 15) is 8.42 Å². The summed E-state index contributed by atoms with van der Waals surface area (Å²) in [4.78, 5) is 3.02. The lowest BCUT2D eigenvalue weighted by Crippen LogP contribution is -2.24. The van der Waals surface area contributed by atoms with Crippen molar-refractivity contribution in [2.24, 2.45) is 0 Å². The third-order valence-corrected chi connectivity index (χ3v) is 4.67. The number of hydrogen-bond acceptors (Lipinski definition) is 3. The molecule has 0 radical (unpaired) electrons. The van der Waals surface area contributed by atoms with E-state index in [1.807, 2.05) is 18.5 Å². The van der Waals surface area contributed by atoms with E-state index < -0.39 is 10.0 Å². The number of benzene rings is 1. The molecule has 0 atom stereocenters. The van der Waals surface area contributed by atoms with Crippen LogP contribution in [0.5, 0.6) is 5.75 Å². The molecule has 0 aliphatic rings. The molecule has 0 aliphatic carbocycles. The number of nitrogens with one attached hydrogen (secondary N) is 2. The molecule has 0 spiro atoms. The number of sulfonamides is 1. The molecule has 2 N–H and O–H groups in total. The Kier molecular flexibility index (Phi) is 5.16. The number of aromatic nitrogens is 1. The smallest absolute Gasteiger partial charge is 0.208 e. The van der Waals surface area contributed by atoms with Crippen LogP contribution in [-0.2, 0) is 10.0 Å². The summed E-state index contributed by atoms with van der Waals surface area (Å²) >= 11 is 8.51. The van der Waals surface area contributed by atoms with Gasteiger partial charge in [0.15, 0.2) is 0 Å². The first-order valence-electron chi connectivity index (χ1n) is 5.90. The molecule has 1 aromatic carbocycles. The Hall–Kier alpha value is -0.510. The van der Waals surface area contributed by atoms with Gasteiger partial charge in [0.25, 0.3) is 0 Å². The fourth-order valence-electron chi connectivity index (χ4n) is 1.75. The minimum atomic E-state index is -3.14. The molecule has 2 aromatic rings. The van der Waals surface area contributed by atoms with Crippen molar-refractivity contribution in [3.8, 4) is 5.75 Å².